The minimum atomic E-state index is 0.554. The fraction of sp³-hybridized carbons (Fsp3) is 1.00. The summed E-state index contributed by atoms with van der Waals surface area (Å²) in [5.41, 5.74) is 0. The molecule has 13 aliphatic rings. The van der Waals surface area contributed by atoms with Gasteiger partial charge in [-0.3, -0.25) is 16.0 Å². The van der Waals surface area contributed by atoms with Gasteiger partial charge in [-0.2, -0.15) is 0 Å². The molecule has 3 N–H and O–H groups in total. The fourth-order valence-corrected chi connectivity index (χ4v) is 21.7. The lowest BCUT2D eigenvalue weighted by atomic mass is 9.45. The van der Waals surface area contributed by atoms with Gasteiger partial charge in [-0.1, -0.05) is 57.8 Å². The monoisotopic (exact) mass is 736 g/mol. The van der Waals surface area contributed by atoms with Crippen LogP contribution in [0, 0.1) is 124 Å². The van der Waals surface area contributed by atoms with Crippen molar-refractivity contribution in [3.8, 4) is 0 Å². The molecule has 3 nitrogen and oxygen atoms in total. The van der Waals surface area contributed by atoms with E-state index < -0.39 is 0 Å². The molecule has 21 unspecified atom stereocenters. The van der Waals surface area contributed by atoms with Crippen molar-refractivity contribution in [2.24, 2.45) is 124 Å². The Hall–Kier alpha value is -0.120. The standard InChI is InChI=1S/C51H81N3/c1-4-28-10-13-34-19-25-40(37-22-16-31(7-1)43(28)46(34)37)49-52-50(41-26-20-35-14-11-29-5-2-8-32-17-23-38(41)47(35)44(29)32)54-51(53-49)42-27-21-36-15-12-30-6-3-9-33-18-24-39(42)48(36)45(30)33/h28-54H,1-27H2. The lowest BCUT2D eigenvalue weighted by Crippen LogP contribution is -2.75. The van der Waals surface area contributed by atoms with Crippen LogP contribution in [-0.4, -0.2) is 18.5 Å². The molecular formula is C51H81N3. The molecule has 13 fully saturated rings. The van der Waals surface area contributed by atoms with E-state index in [-0.39, 0.29) is 0 Å². The summed E-state index contributed by atoms with van der Waals surface area (Å²) < 4.78 is 0. The van der Waals surface area contributed by atoms with Crippen LogP contribution in [-0.2, 0) is 0 Å². The van der Waals surface area contributed by atoms with Crippen LogP contribution in [0.1, 0.15) is 173 Å². The zero-order chi connectivity index (χ0) is 35.1. The molecule has 13 rings (SSSR count). The highest BCUT2D eigenvalue weighted by molar-refractivity contribution is 5.10. The van der Waals surface area contributed by atoms with Crippen LogP contribution < -0.4 is 16.0 Å². The van der Waals surface area contributed by atoms with E-state index in [0.29, 0.717) is 18.5 Å². The Kier molecular flexibility index (Phi) is 8.82. The van der Waals surface area contributed by atoms with Crippen molar-refractivity contribution in [2.45, 2.75) is 192 Å². The number of hydrogen-bond donors (Lipinski definition) is 3. The maximum absolute atomic E-state index is 4.68. The van der Waals surface area contributed by atoms with Crippen LogP contribution in [0.2, 0.25) is 0 Å². The summed E-state index contributed by atoms with van der Waals surface area (Å²) in [6.07, 6.45) is 44.1. The van der Waals surface area contributed by atoms with E-state index in [1.807, 2.05) is 0 Å². The SMILES string of the molecule is C1CC2CCC3CCC(C4NC(C5CCC6CCC7CCCC8CCC5C6C78)NC(C5CCC6CCC7CCCC8CCC5C6C78)N4)C4CCC(C1)C2C34. The minimum Gasteiger partial charge on any atom is -0.286 e. The summed E-state index contributed by atoms with van der Waals surface area (Å²) in [5, 5.41) is 14.0. The van der Waals surface area contributed by atoms with Crippen LogP contribution in [0.25, 0.3) is 0 Å². The van der Waals surface area contributed by atoms with Gasteiger partial charge in [0.1, 0.15) is 0 Å². The van der Waals surface area contributed by atoms with Crippen LogP contribution >= 0.6 is 0 Å². The summed E-state index contributed by atoms with van der Waals surface area (Å²) in [6.45, 7) is 0. The average molecular weight is 736 g/mol. The molecule has 12 saturated carbocycles. The molecule has 0 aromatic carbocycles. The zero-order valence-corrected chi connectivity index (χ0v) is 34.4. The Morgan fingerprint density at radius 3 is 0.648 bits per heavy atom. The molecule has 0 aromatic rings. The Bertz CT molecular complexity index is 1190. The number of nitrogens with one attached hydrogen (secondary N) is 3. The molecule has 0 amide bonds. The van der Waals surface area contributed by atoms with Crippen molar-refractivity contribution in [3.63, 3.8) is 0 Å². The topological polar surface area (TPSA) is 36.1 Å². The largest absolute Gasteiger partial charge is 0.286 e. The van der Waals surface area contributed by atoms with E-state index >= 15 is 0 Å². The summed E-state index contributed by atoms with van der Waals surface area (Å²) in [6, 6.07) is 0. The van der Waals surface area contributed by atoms with Gasteiger partial charge in [0.15, 0.2) is 0 Å². The van der Waals surface area contributed by atoms with Gasteiger partial charge in [-0.25, -0.2) is 0 Å². The summed E-state index contributed by atoms with van der Waals surface area (Å²) in [5.74, 6) is 21.9. The van der Waals surface area contributed by atoms with Gasteiger partial charge in [0.25, 0.3) is 0 Å². The normalized spacial score (nSPS) is 61.3. The predicted molar refractivity (Wildman–Crippen MR) is 219 cm³/mol. The van der Waals surface area contributed by atoms with Gasteiger partial charge in [-0.15, -0.1) is 0 Å². The first-order valence-electron chi connectivity index (χ1n) is 26.0. The highest BCUT2D eigenvalue weighted by Crippen LogP contribution is 2.65. The highest BCUT2D eigenvalue weighted by atomic mass is 15.4. The van der Waals surface area contributed by atoms with Gasteiger partial charge < -0.3 is 0 Å². The van der Waals surface area contributed by atoms with Gasteiger partial charge in [-0.05, 0) is 240 Å². The lowest BCUT2D eigenvalue weighted by Gasteiger charge is -2.63. The maximum atomic E-state index is 4.68. The minimum absolute atomic E-state index is 0.554. The van der Waals surface area contributed by atoms with Crippen LogP contribution in [0.3, 0.4) is 0 Å². The second-order valence-corrected chi connectivity index (χ2v) is 24.2. The molecule has 0 radical (unpaired) electrons. The van der Waals surface area contributed by atoms with Crippen LogP contribution in [0.5, 0.6) is 0 Å². The first kappa shape index (κ1) is 34.7. The third kappa shape index (κ3) is 5.32. The maximum Gasteiger partial charge on any atom is 0.0627 e. The molecule has 0 bridgehead atoms. The first-order valence-corrected chi connectivity index (χ1v) is 26.0. The second-order valence-electron chi connectivity index (χ2n) is 24.2. The third-order valence-electron chi connectivity index (χ3n) is 23.1. The number of rotatable bonds is 3. The van der Waals surface area contributed by atoms with E-state index in [9.17, 15) is 0 Å². The van der Waals surface area contributed by atoms with E-state index in [1.165, 1.54) is 19.3 Å². The predicted octanol–water partition coefficient (Wildman–Crippen LogP) is 11.4. The molecular weight excluding hydrogens is 655 g/mol. The fourth-order valence-electron chi connectivity index (χ4n) is 21.7. The summed E-state index contributed by atoms with van der Waals surface area (Å²) in [4.78, 5) is 0. The van der Waals surface area contributed by atoms with E-state index in [2.05, 4.69) is 16.0 Å². The van der Waals surface area contributed by atoms with Crippen LogP contribution in [0.4, 0.5) is 0 Å². The average Bonchev–Trinajstić information content (AvgIpc) is 3.23. The Balaban J connectivity index is 0.832. The van der Waals surface area contributed by atoms with Crippen LogP contribution in [0.15, 0.2) is 0 Å². The molecule has 1 heterocycles. The molecule has 1 aliphatic heterocycles. The molecule has 0 aromatic heterocycles. The van der Waals surface area contributed by atoms with Crippen molar-refractivity contribution < 1.29 is 0 Å². The highest BCUT2D eigenvalue weighted by Gasteiger charge is 2.60. The van der Waals surface area contributed by atoms with Gasteiger partial charge in [0.2, 0.25) is 0 Å². The zero-order valence-electron chi connectivity index (χ0n) is 34.4. The van der Waals surface area contributed by atoms with Gasteiger partial charge in [0, 0.05) is 0 Å². The molecule has 12 aliphatic carbocycles. The van der Waals surface area contributed by atoms with Crippen molar-refractivity contribution in [1.82, 2.24) is 16.0 Å². The van der Waals surface area contributed by atoms with Crippen molar-refractivity contribution in [1.29, 1.82) is 0 Å². The first-order chi connectivity index (χ1) is 26.7. The van der Waals surface area contributed by atoms with Crippen molar-refractivity contribution in [3.05, 3.63) is 0 Å². The molecule has 0 spiro atoms. The van der Waals surface area contributed by atoms with Gasteiger partial charge >= 0.3 is 0 Å². The summed E-state index contributed by atoms with van der Waals surface area (Å²) >= 11 is 0. The van der Waals surface area contributed by atoms with E-state index in [1.54, 1.807) is 154 Å². The number of hydrogen-bond acceptors (Lipinski definition) is 3. The Morgan fingerprint density at radius 2 is 0.389 bits per heavy atom. The Morgan fingerprint density at radius 1 is 0.185 bits per heavy atom. The molecule has 54 heavy (non-hydrogen) atoms. The van der Waals surface area contributed by atoms with Crippen molar-refractivity contribution >= 4 is 0 Å². The quantitative estimate of drug-likeness (QED) is 0.270. The smallest absolute Gasteiger partial charge is 0.0627 e. The Labute approximate surface area is 331 Å². The lowest BCUT2D eigenvalue weighted by molar-refractivity contribution is -0.131. The third-order valence-corrected chi connectivity index (χ3v) is 23.1. The molecule has 3 heteroatoms. The van der Waals surface area contributed by atoms with Gasteiger partial charge in [0.05, 0.1) is 18.5 Å². The molecule has 1 saturated heterocycles. The van der Waals surface area contributed by atoms with Crippen molar-refractivity contribution in [2.75, 3.05) is 0 Å². The molecule has 300 valence electrons. The second kappa shape index (κ2) is 13.7. The molecule has 21 atom stereocenters. The van der Waals surface area contributed by atoms with E-state index in [4.69, 9.17) is 0 Å². The van der Waals surface area contributed by atoms with E-state index in [0.717, 1.165) is 124 Å². The summed E-state index contributed by atoms with van der Waals surface area (Å²) in [7, 11) is 0.